The van der Waals surface area contributed by atoms with Crippen LogP contribution in [0.25, 0.3) is 10.9 Å². The standard InChI is InChI=1S/C16H18N2O4S/c19-16(20)12-5-8-13(9-6-12)18-23(21,22)15-10-7-11-3-1-2-4-14(11)17-15/h1-4,7,10,12-13,18H,5-6,8-9H2,(H,19,20). The first kappa shape index (κ1) is 15.9. The number of rotatable bonds is 4. The fourth-order valence-corrected chi connectivity index (χ4v) is 4.20. The number of nitrogens with one attached hydrogen (secondary N) is 1. The molecule has 3 rings (SSSR count). The van der Waals surface area contributed by atoms with Gasteiger partial charge < -0.3 is 5.11 Å². The highest BCUT2D eigenvalue weighted by Crippen LogP contribution is 2.25. The van der Waals surface area contributed by atoms with Crippen LogP contribution < -0.4 is 4.72 Å². The highest BCUT2D eigenvalue weighted by molar-refractivity contribution is 7.89. The summed E-state index contributed by atoms with van der Waals surface area (Å²) in [6.07, 6.45) is 2.05. The summed E-state index contributed by atoms with van der Waals surface area (Å²) in [5, 5.41) is 9.87. The van der Waals surface area contributed by atoms with E-state index >= 15 is 0 Å². The smallest absolute Gasteiger partial charge is 0.306 e. The van der Waals surface area contributed by atoms with Gasteiger partial charge in [0.1, 0.15) is 0 Å². The summed E-state index contributed by atoms with van der Waals surface area (Å²) in [7, 11) is -3.70. The zero-order valence-electron chi connectivity index (χ0n) is 12.5. The number of fused-ring (bicyclic) bond motifs is 1. The van der Waals surface area contributed by atoms with Gasteiger partial charge in [-0.05, 0) is 43.9 Å². The fourth-order valence-electron chi connectivity index (χ4n) is 2.94. The van der Waals surface area contributed by atoms with E-state index in [1.54, 1.807) is 12.1 Å². The fraction of sp³-hybridized carbons (Fsp3) is 0.375. The molecule has 122 valence electrons. The summed E-state index contributed by atoms with van der Waals surface area (Å²) in [5.41, 5.74) is 0.630. The van der Waals surface area contributed by atoms with Crippen LogP contribution >= 0.6 is 0 Å². The van der Waals surface area contributed by atoms with Gasteiger partial charge in [0, 0.05) is 11.4 Å². The molecule has 1 aromatic carbocycles. The number of aromatic nitrogens is 1. The summed E-state index contributed by atoms with van der Waals surface area (Å²) in [6, 6.07) is 10.3. The van der Waals surface area contributed by atoms with E-state index in [0.717, 1.165) is 5.39 Å². The Morgan fingerprint density at radius 3 is 2.48 bits per heavy atom. The molecule has 0 aliphatic heterocycles. The summed E-state index contributed by atoms with van der Waals surface area (Å²) < 4.78 is 27.6. The normalized spacial score (nSPS) is 22.1. The molecule has 1 aliphatic carbocycles. The first-order chi connectivity index (χ1) is 11.0. The van der Waals surface area contributed by atoms with Gasteiger partial charge in [-0.1, -0.05) is 18.2 Å². The molecular weight excluding hydrogens is 316 g/mol. The van der Waals surface area contributed by atoms with Crippen LogP contribution in [-0.4, -0.2) is 30.5 Å². The van der Waals surface area contributed by atoms with Crippen LogP contribution in [0, 0.1) is 5.92 Å². The molecule has 1 aliphatic rings. The SMILES string of the molecule is O=C(O)C1CCC(NS(=O)(=O)c2ccc3ccccc3n2)CC1. The Balaban J connectivity index is 1.74. The van der Waals surface area contributed by atoms with Crippen molar-refractivity contribution in [2.24, 2.45) is 5.92 Å². The van der Waals surface area contributed by atoms with Crippen LogP contribution in [0.3, 0.4) is 0 Å². The number of carbonyl (C=O) groups is 1. The van der Waals surface area contributed by atoms with Crippen molar-refractivity contribution < 1.29 is 18.3 Å². The number of para-hydroxylation sites is 1. The molecule has 2 N–H and O–H groups in total. The molecule has 1 aromatic heterocycles. The Labute approximate surface area is 134 Å². The average Bonchev–Trinajstić information content (AvgIpc) is 2.54. The lowest BCUT2D eigenvalue weighted by Crippen LogP contribution is -2.38. The molecule has 0 radical (unpaired) electrons. The Morgan fingerprint density at radius 2 is 1.78 bits per heavy atom. The first-order valence-corrected chi connectivity index (χ1v) is 9.05. The van der Waals surface area contributed by atoms with Gasteiger partial charge in [-0.3, -0.25) is 4.79 Å². The number of carboxylic acid groups (broad SMARTS) is 1. The minimum Gasteiger partial charge on any atom is -0.481 e. The quantitative estimate of drug-likeness (QED) is 0.893. The lowest BCUT2D eigenvalue weighted by atomic mass is 9.87. The van der Waals surface area contributed by atoms with Crippen LogP contribution in [0.1, 0.15) is 25.7 Å². The van der Waals surface area contributed by atoms with Gasteiger partial charge in [-0.15, -0.1) is 0 Å². The van der Waals surface area contributed by atoms with E-state index in [1.165, 1.54) is 6.07 Å². The van der Waals surface area contributed by atoms with Gasteiger partial charge in [0.2, 0.25) is 0 Å². The van der Waals surface area contributed by atoms with Gasteiger partial charge in [0.05, 0.1) is 11.4 Å². The second-order valence-corrected chi connectivity index (χ2v) is 7.51. The van der Waals surface area contributed by atoms with Crippen molar-refractivity contribution >= 4 is 26.9 Å². The number of hydrogen-bond acceptors (Lipinski definition) is 4. The molecule has 23 heavy (non-hydrogen) atoms. The van der Waals surface area contributed by atoms with E-state index < -0.39 is 16.0 Å². The third kappa shape index (κ3) is 3.51. The van der Waals surface area contributed by atoms with E-state index in [9.17, 15) is 13.2 Å². The van der Waals surface area contributed by atoms with E-state index in [0.29, 0.717) is 31.2 Å². The third-order valence-electron chi connectivity index (χ3n) is 4.25. The lowest BCUT2D eigenvalue weighted by Gasteiger charge is -2.26. The van der Waals surface area contributed by atoms with Crippen LogP contribution in [0.15, 0.2) is 41.4 Å². The number of sulfonamides is 1. The Bertz CT molecular complexity index is 827. The molecule has 0 bridgehead atoms. The monoisotopic (exact) mass is 334 g/mol. The third-order valence-corrected chi connectivity index (χ3v) is 5.67. The van der Waals surface area contributed by atoms with E-state index in [2.05, 4.69) is 9.71 Å². The van der Waals surface area contributed by atoms with Gasteiger partial charge >= 0.3 is 5.97 Å². The van der Waals surface area contributed by atoms with Crippen molar-refractivity contribution in [3.63, 3.8) is 0 Å². The average molecular weight is 334 g/mol. The minimum atomic E-state index is -3.70. The van der Waals surface area contributed by atoms with Crippen LogP contribution in [0.2, 0.25) is 0 Å². The summed E-state index contributed by atoms with van der Waals surface area (Å²) in [6.45, 7) is 0. The Kier molecular flexibility index (Phi) is 4.32. The summed E-state index contributed by atoms with van der Waals surface area (Å²) in [5.74, 6) is -1.17. The van der Waals surface area contributed by atoms with Gasteiger partial charge in [0.15, 0.2) is 5.03 Å². The van der Waals surface area contributed by atoms with Crippen LogP contribution in [-0.2, 0) is 14.8 Å². The maximum Gasteiger partial charge on any atom is 0.306 e. The molecule has 1 heterocycles. The molecule has 0 unspecified atom stereocenters. The second kappa shape index (κ2) is 6.25. The van der Waals surface area contributed by atoms with Crippen LogP contribution in [0.5, 0.6) is 0 Å². The Morgan fingerprint density at radius 1 is 1.09 bits per heavy atom. The van der Waals surface area contributed by atoms with E-state index in [-0.39, 0.29) is 17.0 Å². The molecule has 7 heteroatoms. The van der Waals surface area contributed by atoms with Crippen molar-refractivity contribution in [3.05, 3.63) is 36.4 Å². The Hall–Kier alpha value is -1.99. The molecular formula is C16H18N2O4S. The van der Waals surface area contributed by atoms with Gasteiger partial charge in [-0.25, -0.2) is 18.1 Å². The molecule has 0 saturated heterocycles. The van der Waals surface area contributed by atoms with E-state index in [1.807, 2.05) is 18.2 Å². The van der Waals surface area contributed by atoms with Gasteiger partial charge in [-0.2, -0.15) is 0 Å². The lowest BCUT2D eigenvalue weighted by molar-refractivity contribution is -0.142. The number of nitrogens with zero attached hydrogens (tertiary/aromatic N) is 1. The largest absolute Gasteiger partial charge is 0.481 e. The van der Waals surface area contributed by atoms with Crippen molar-refractivity contribution in [1.29, 1.82) is 0 Å². The topological polar surface area (TPSA) is 96.4 Å². The molecule has 1 fully saturated rings. The molecule has 0 amide bonds. The van der Waals surface area contributed by atoms with Gasteiger partial charge in [0.25, 0.3) is 10.0 Å². The minimum absolute atomic E-state index is 0.00319. The van der Waals surface area contributed by atoms with E-state index in [4.69, 9.17) is 5.11 Å². The summed E-state index contributed by atoms with van der Waals surface area (Å²) >= 11 is 0. The van der Waals surface area contributed by atoms with Crippen molar-refractivity contribution in [1.82, 2.24) is 9.71 Å². The molecule has 2 aromatic rings. The predicted octanol–water partition coefficient (Wildman–Crippen LogP) is 2.16. The second-order valence-electron chi connectivity index (χ2n) is 5.85. The maximum absolute atomic E-state index is 12.5. The number of benzene rings is 1. The number of pyridine rings is 1. The highest BCUT2D eigenvalue weighted by atomic mass is 32.2. The number of hydrogen-bond donors (Lipinski definition) is 2. The highest BCUT2D eigenvalue weighted by Gasteiger charge is 2.29. The molecule has 6 nitrogen and oxygen atoms in total. The number of carboxylic acids is 1. The van der Waals surface area contributed by atoms with Crippen molar-refractivity contribution in [2.45, 2.75) is 36.8 Å². The van der Waals surface area contributed by atoms with Crippen molar-refractivity contribution in [3.8, 4) is 0 Å². The predicted molar refractivity (Wildman–Crippen MR) is 85.4 cm³/mol. The number of aliphatic carboxylic acids is 1. The maximum atomic E-state index is 12.5. The molecule has 0 atom stereocenters. The molecule has 0 spiro atoms. The first-order valence-electron chi connectivity index (χ1n) is 7.56. The zero-order valence-corrected chi connectivity index (χ0v) is 13.3. The zero-order chi connectivity index (χ0) is 16.4. The molecule has 1 saturated carbocycles. The summed E-state index contributed by atoms with van der Waals surface area (Å²) in [4.78, 5) is 15.2. The van der Waals surface area contributed by atoms with Crippen molar-refractivity contribution in [2.75, 3.05) is 0 Å². The van der Waals surface area contributed by atoms with Crippen LogP contribution in [0.4, 0.5) is 0 Å².